The highest BCUT2D eigenvalue weighted by Crippen LogP contribution is 2.40. The zero-order chi connectivity index (χ0) is 16.8. The highest BCUT2D eigenvalue weighted by molar-refractivity contribution is 7.72. The van der Waals surface area contributed by atoms with Gasteiger partial charge in [0, 0.05) is 6.20 Å². The lowest BCUT2D eigenvalue weighted by atomic mass is 10.1. The molecule has 0 spiro atoms. The first-order valence-corrected chi connectivity index (χ1v) is 10.6. The molecule has 4 N–H and O–H groups in total. The van der Waals surface area contributed by atoms with E-state index in [4.69, 9.17) is 10.5 Å². The Morgan fingerprint density at radius 3 is 2.78 bits per heavy atom. The van der Waals surface area contributed by atoms with Crippen molar-refractivity contribution in [1.29, 1.82) is 0 Å². The molecular formula is C15H23N4O3P. The number of rotatable bonds is 4. The maximum atomic E-state index is 10.4. The van der Waals surface area contributed by atoms with Crippen LogP contribution in [0.15, 0.2) is 18.6 Å². The molecule has 3 rings (SSSR count). The van der Waals surface area contributed by atoms with Crippen LogP contribution in [-0.4, -0.2) is 68.9 Å². The van der Waals surface area contributed by atoms with Crippen molar-refractivity contribution in [3.8, 4) is 0 Å². The number of nitrogens with two attached hydrogens (primary N) is 1. The third-order valence-electron chi connectivity index (χ3n) is 4.12. The molecule has 0 bridgehead atoms. The molecule has 23 heavy (non-hydrogen) atoms. The smallest absolute Gasteiger partial charge is 0.165 e. The topological polar surface area (TPSA) is 106 Å². The van der Waals surface area contributed by atoms with Gasteiger partial charge >= 0.3 is 0 Å². The summed E-state index contributed by atoms with van der Waals surface area (Å²) in [5.74, 6) is 0. The molecule has 0 aliphatic carbocycles. The number of hydrogen-bond donors (Lipinski definition) is 3. The number of nitrogen functional groups attached to an aromatic ring is 1. The van der Waals surface area contributed by atoms with E-state index in [0.29, 0.717) is 23.3 Å². The standard InChI is InChI=1S/C15H23N4O3P/c1-23(2,3)7-5-10-12(20)13(21)15(22-10)19-8-18-11-9(16)4-6-17-14(11)19/h4,6,8,10,12-13,15,20-21H,1,5,7H2,2-3H3,(H2,16,17)/t10-,12-,13-,15-/m1/s1. The van der Waals surface area contributed by atoms with E-state index in [1.807, 2.05) is 0 Å². The van der Waals surface area contributed by atoms with E-state index in [1.165, 1.54) is 6.33 Å². The molecule has 2 aromatic heterocycles. The maximum Gasteiger partial charge on any atom is 0.165 e. The summed E-state index contributed by atoms with van der Waals surface area (Å²) < 4.78 is 7.53. The van der Waals surface area contributed by atoms with Gasteiger partial charge in [-0.15, -0.1) is 13.2 Å². The zero-order valence-electron chi connectivity index (χ0n) is 13.3. The summed E-state index contributed by atoms with van der Waals surface area (Å²) in [6, 6.07) is 1.67. The third kappa shape index (κ3) is 3.15. The molecule has 0 aromatic carbocycles. The summed E-state index contributed by atoms with van der Waals surface area (Å²) in [6.07, 6.45) is 5.73. The van der Waals surface area contributed by atoms with Gasteiger partial charge in [0.25, 0.3) is 0 Å². The van der Waals surface area contributed by atoms with Gasteiger partial charge in [-0.2, -0.15) is 0 Å². The lowest BCUT2D eigenvalue weighted by molar-refractivity contribution is -0.0353. The Bertz CT molecular complexity index is 756. The highest BCUT2D eigenvalue weighted by atomic mass is 31.2. The molecule has 3 heterocycles. The van der Waals surface area contributed by atoms with Gasteiger partial charge in [0.1, 0.15) is 17.7 Å². The van der Waals surface area contributed by atoms with Crippen molar-refractivity contribution in [3.63, 3.8) is 0 Å². The second-order valence-corrected chi connectivity index (χ2v) is 11.0. The van der Waals surface area contributed by atoms with E-state index in [9.17, 15) is 10.2 Å². The molecule has 0 unspecified atom stereocenters. The Balaban J connectivity index is 1.85. The number of fused-ring (bicyclic) bond motifs is 1. The number of hydrogen-bond acceptors (Lipinski definition) is 6. The summed E-state index contributed by atoms with van der Waals surface area (Å²) in [5, 5.41) is 20.7. The molecule has 0 amide bonds. The molecule has 1 aliphatic rings. The third-order valence-corrected chi connectivity index (χ3v) is 5.59. The molecule has 1 aliphatic heterocycles. The van der Waals surface area contributed by atoms with Crippen LogP contribution < -0.4 is 5.73 Å². The van der Waals surface area contributed by atoms with Crippen LogP contribution in [0.25, 0.3) is 11.2 Å². The number of aliphatic hydroxyl groups is 2. The predicted molar refractivity (Wildman–Crippen MR) is 93.2 cm³/mol. The van der Waals surface area contributed by atoms with Crippen LogP contribution in [0.1, 0.15) is 12.6 Å². The fourth-order valence-corrected chi connectivity index (χ4v) is 3.77. The molecule has 2 aromatic rings. The number of nitrogens with zero attached hydrogens (tertiary/aromatic N) is 3. The molecule has 7 nitrogen and oxygen atoms in total. The van der Waals surface area contributed by atoms with Gasteiger partial charge in [0.2, 0.25) is 0 Å². The molecule has 0 radical (unpaired) electrons. The van der Waals surface area contributed by atoms with Gasteiger partial charge in [-0.1, -0.05) is 0 Å². The Kier molecular flexibility index (Phi) is 4.23. The zero-order valence-corrected chi connectivity index (χ0v) is 14.2. The minimum absolute atomic E-state index is 0.422. The minimum atomic E-state index is -1.21. The fourth-order valence-electron chi connectivity index (χ4n) is 2.81. The van der Waals surface area contributed by atoms with Crippen LogP contribution in [0.2, 0.25) is 0 Å². The Hall–Kier alpha value is -1.40. The van der Waals surface area contributed by atoms with E-state index in [0.717, 1.165) is 6.16 Å². The van der Waals surface area contributed by atoms with E-state index < -0.39 is 31.4 Å². The Morgan fingerprint density at radius 2 is 2.09 bits per heavy atom. The molecule has 126 valence electrons. The predicted octanol–water partition coefficient (Wildman–Crippen LogP) is 0.732. The second kappa shape index (κ2) is 5.91. The minimum Gasteiger partial charge on any atom is -0.397 e. The maximum absolute atomic E-state index is 10.4. The van der Waals surface area contributed by atoms with E-state index in [1.54, 1.807) is 16.8 Å². The van der Waals surface area contributed by atoms with Crippen molar-refractivity contribution in [3.05, 3.63) is 18.6 Å². The first-order valence-electron chi connectivity index (χ1n) is 7.54. The van der Waals surface area contributed by atoms with Crippen molar-refractivity contribution in [1.82, 2.24) is 14.5 Å². The Morgan fingerprint density at radius 1 is 1.35 bits per heavy atom. The average molecular weight is 338 g/mol. The van der Waals surface area contributed by atoms with Crippen LogP contribution in [0.3, 0.4) is 0 Å². The molecule has 8 heteroatoms. The largest absolute Gasteiger partial charge is 0.397 e. The van der Waals surface area contributed by atoms with Gasteiger partial charge in [0.15, 0.2) is 11.9 Å². The lowest BCUT2D eigenvalue weighted by Gasteiger charge is -2.18. The number of ether oxygens (including phenoxy) is 1. The SMILES string of the molecule is C=P(C)(C)CC[C@H]1O[C@@H](n2cnc3c(N)ccnc32)[C@H](O)[C@@H]1O. The summed E-state index contributed by atoms with van der Waals surface area (Å²) >= 11 is 0. The van der Waals surface area contributed by atoms with Crippen LogP contribution in [0, 0.1) is 0 Å². The van der Waals surface area contributed by atoms with E-state index in [-0.39, 0.29) is 0 Å². The first kappa shape index (κ1) is 16.5. The summed E-state index contributed by atoms with van der Waals surface area (Å²) in [6.45, 7) is 3.06. The van der Waals surface area contributed by atoms with Gasteiger partial charge in [-0.25, -0.2) is 9.97 Å². The van der Waals surface area contributed by atoms with Gasteiger partial charge in [-0.3, -0.25) is 4.57 Å². The number of imidazole rings is 1. The fraction of sp³-hybridized carbons (Fsp3) is 0.533. The highest BCUT2D eigenvalue weighted by Gasteiger charge is 2.44. The van der Waals surface area contributed by atoms with Crippen LogP contribution >= 0.6 is 6.89 Å². The van der Waals surface area contributed by atoms with E-state index >= 15 is 0 Å². The van der Waals surface area contributed by atoms with E-state index in [2.05, 4.69) is 29.6 Å². The molecular weight excluding hydrogens is 315 g/mol. The van der Waals surface area contributed by atoms with Gasteiger partial charge < -0.3 is 20.7 Å². The molecule has 4 atom stereocenters. The Labute approximate surface area is 135 Å². The lowest BCUT2D eigenvalue weighted by Crippen LogP contribution is -2.31. The van der Waals surface area contributed by atoms with Gasteiger partial charge in [0.05, 0.1) is 18.1 Å². The van der Waals surface area contributed by atoms with Gasteiger partial charge in [-0.05, 0) is 32.0 Å². The van der Waals surface area contributed by atoms with Crippen molar-refractivity contribution in [2.24, 2.45) is 0 Å². The molecule has 1 saturated heterocycles. The number of aromatic nitrogens is 3. The van der Waals surface area contributed by atoms with Crippen LogP contribution in [-0.2, 0) is 4.74 Å². The van der Waals surface area contributed by atoms with Crippen molar-refractivity contribution in [2.45, 2.75) is 31.0 Å². The second-order valence-electron chi connectivity index (χ2n) is 6.72. The first-order chi connectivity index (χ1) is 10.8. The van der Waals surface area contributed by atoms with Crippen LogP contribution in [0.5, 0.6) is 0 Å². The van der Waals surface area contributed by atoms with Crippen molar-refractivity contribution in [2.75, 3.05) is 25.2 Å². The summed E-state index contributed by atoms with van der Waals surface area (Å²) in [7, 11) is 0. The number of anilines is 1. The van der Waals surface area contributed by atoms with Crippen molar-refractivity contribution >= 4 is 30.0 Å². The molecule has 0 saturated carbocycles. The quantitative estimate of drug-likeness (QED) is 0.710. The van der Waals surface area contributed by atoms with Crippen LogP contribution in [0.4, 0.5) is 5.69 Å². The van der Waals surface area contributed by atoms with Crippen molar-refractivity contribution < 1.29 is 14.9 Å². The summed E-state index contributed by atoms with van der Waals surface area (Å²) in [5.41, 5.74) is 7.49. The number of pyridine rings is 1. The normalized spacial score (nSPS) is 28.5. The number of aliphatic hydroxyl groups excluding tert-OH is 2. The monoisotopic (exact) mass is 338 g/mol. The molecule has 1 fully saturated rings. The average Bonchev–Trinajstić information content (AvgIpc) is 3.01. The summed E-state index contributed by atoms with van der Waals surface area (Å²) in [4.78, 5) is 8.49.